The molecule has 1 N–H and O–H groups in total. The Kier molecular flexibility index (Phi) is 6.05. The summed E-state index contributed by atoms with van der Waals surface area (Å²) >= 11 is 0. The van der Waals surface area contributed by atoms with Gasteiger partial charge in [0.15, 0.2) is 5.60 Å². The summed E-state index contributed by atoms with van der Waals surface area (Å²) in [5.41, 5.74) is 1.11. The molecule has 4 rings (SSSR count). The number of fused-ring (bicyclic) bond motifs is 1. The van der Waals surface area contributed by atoms with Gasteiger partial charge in [0, 0.05) is 25.7 Å². The summed E-state index contributed by atoms with van der Waals surface area (Å²) in [5, 5.41) is 2.73. The molecule has 1 atom stereocenters. The Morgan fingerprint density at radius 1 is 1.00 bits per heavy atom. The number of anilines is 1. The van der Waals surface area contributed by atoms with Crippen molar-refractivity contribution in [1.82, 2.24) is 4.31 Å². The first kappa shape index (κ1) is 22.7. The molecule has 1 unspecified atom stereocenters. The van der Waals surface area contributed by atoms with Crippen LogP contribution in [-0.2, 0) is 32.5 Å². The fourth-order valence-corrected chi connectivity index (χ4v) is 4.90. The number of hydrogen-bond acceptors (Lipinski definition) is 5. The summed E-state index contributed by atoms with van der Waals surface area (Å²) in [5.74, 6) is -1.03. The van der Waals surface area contributed by atoms with Crippen LogP contribution in [-0.4, -0.2) is 37.2 Å². The van der Waals surface area contributed by atoms with Crippen LogP contribution in [0.4, 0.5) is 5.69 Å². The maximum Gasteiger partial charge on any atom is 0.339 e. The summed E-state index contributed by atoms with van der Waals surface area (Å²) in [6.45, 7) is 1.81. The Balaban J connectivity index is 1.46. The second-order valence-corrected chi connectivity index (χ2v) is 10.2. The molecule has 0 saturated heterocycles. The highest BCUT2D eigenvalue weighted by Gasteiger charge is 2.42. The van der Waals surface area contributed by atoms with Gasteiger partial charge in [-0.2, -0.15) is 4.31 Å². The average Bonchev–Trinajstić information content (AvgIpc) is 2.80. The quantitative estimate of drug-likeness (QED) is 0.563. The molecule has 33 heavy (non-hydrogen) atoms. The molecule has 3 aromatic carbocycles. The van der Waals surface area contributed by atoms with Gasteiger partial charge in [0.2, 0.25) is 10.0 Å². The van der Waals surface area contributed by atoms with Crippen molar-refractivity contribution in [2.45, 2.75) is 30.4 Å². The minimum Gasteiger partial charge on any atom is -0.445 e. The van der Waals surface area contributed by atoms with Gasteiger partial charge in [0.1, 0.15) is 0 Å². The lowest BCUT2D eigenvalue weighted by molar-refractivity contribution is -0.134. The van der Waals surface area contributed by atoms with E-state index in [9.17, 15) is 18.0 Å². The molecule has 1 heterocycles. The van der Waals surface area contributed by atoms with Crippen LogP contribution in [0.25, 0.3) is 0 Å². The van der Waals surface area contributed by atoms with Crippen LogP contribution in [0.2, 0.25) is 0 Å². The van der Waals surface area contributed by atoms with Gasteiger partial charge in [-0.1, -0.05) is 48.5 Å². The van der Waals surface area contributed by atoms with E-state index in [0.29, 0.717) is 11.3 Å². The zero-order valence-corrected chi connectivity index (χ0v) is 19.1. The average molecular weight is 465 g/mol. The Morgan fingerprint density at radius 2 is 1.64 bits per heavy atom. The third kappa shape index (κ3) is 4.67. The van der Waals surface area contributed by atoms with Crippen LogP contribution in [0.1, 0.15) is 28.4 Å². The first-order chi connectivity index (χ1) is 15.7. The van der Waals surface area contributed by atoms with Gasteiger partial charge in [0.25, 0.3) is 5.91 Å². The number of benzene rings is 3. The number of ether oxygens (including phenoxy) is 1. The van der Waals surface area contributed by atoms with E-state index in [1.165, 1.54) is 35.6 Å². The molecule has 1 aliphatic rings. The molecular weight excluding hydrogens is 440 g/mol. The largest absolute Gasteiger partial charge is 0.445 e. The van der Waals surface area contributed by atoms with Crippen LogP contribution < -0.4 is 5.32 Å². The smallest absolute Gasteiger partial charge is 0.339 e. The topological polar surface area (TPSA) is 92.8 Å². The van der Waals surface area contributed by atoms with E-state index in [1.807, 2.05) is 36.4 Å². The van der Waals surface area contributed by atoms with Crippen molar-refractivity contribution < 1.29 is 22.7 Å². The first-order valence-corrected chi connectivity index (χ1v) is 11.9. The summed E-state index contributed by atoms with van der Waals surface area (Å²) in [6, 6.07) is 22.3. The van der Waals surface area contributed by atoms with E-state index in [2.05, 4.69) is 5.32 Å². The highest BCUT2D eigenvalue weighted by Crippen LogP contribution is 2.29. The van der Waals surface area contributed by atoms with Gasteiger partial charge >= 0.3 is 5.97 Å². The van der Waals surface area contributed by atoms with Gasteiger partial charge in [-0.15, -0.1) is 0 Å². The van der Waals surface area contributed by atoms with Crippen LogP contribution in [0.15, 0.2) is 83.8 Å². The van der Waals surface area contributed by atoms with E-state index in [4.69, 9.17) is 4.74 Å². The lowest BCUT2D eigenvalue weighted by Crippen LogP contribution is -2.48. The van der Waals surface area contributed by atoms with Crippen LogP contribution >= 0.6 is 0 Å². The van der Waals surface area contributed by atoms with Gasteiger partial charge in [0.05, 0.1) is 10.5 Å². The number of carbonyl (C=O) groups excluding carboxylic acids is 2. The second-order valence-electron chi connectivity index (χ2n) is 8.18. The number of nitrogens with zero attached hydrogens (tertiary/aromatic N) is 1. The molecule has 170 valence electrons. The van der Waals surface area contributed by atoms with Crippen molar-refractivity contribution in [3.8, 4) is 0 Å². The molecule has 0 bridgehead atoms. The first-order valence-electron chi connectivity index (χ1n) is 10.4. The number of rotatable bonds is 6. The van der Waals surface area contributed by atoms with Gasteiger partial charge in [-0.3, -0.25) is 4.79 Å². The second kappa shape index (κ2) is 8.80. The maximum absolute atomic E-state index is 12.9. The van der Waals surface area contributed by atoms with Crippen molar-refractivity contribution >= 4 is 27.6 Å². The lowest BCUT2D eigenvalue weighted by atomic mass is 9.89. The molecule has 0 fully saturated rings. The standard InChI is InChI=1S/C25H24N2O5S/c1-25(16-19-10-6-7-11-22(19)23(28)32-25)24(29)26-20-12-14-21(15-13-20)33(30,31)27(2)17-18-8-4-3-5-9-18/h3-15H,16-17H2,1-2H3,(H,26,29). The number of cyclic esters (lactones) is 1. The highest BCUT2D eigenvalue weighted by molar-refractivity contribution is 7.89. The minimum absolute atomic E-state index is 0.114. The molecule has 0 aromatic heterocycles. The van der Waals surface area contributed by atoms with Crippen LogP contribution in [0.5, 0.6) is 0 Å². The van der Waals surface area contributed by atoms with Crippen molar-refractivity contribution in [3.05, 3.63) is 95.6 Å². The predicted molar refractivity (Wildman–Crippen MR) is 124 cm³/mol. The summed E-state index contributed by atoms with van der Waals surface area (Å²) in [4.78, 5) is 25.4. The van der Waals surface area contributed by atoms with E-state index in [0.717, 1.165) is 11.1 Å². The lowest BCUT2D eigenvalue weighted by Gasteiger charge is -2.33. The van der Waals surface area contributed by atoms with Crippen molar-refractivity contribution in [1.29, 1.82) is 0 Å². The van der Waals surface area contributed by atoms with Gasteiger partial charge in [-0.25, -0.2) is 13.2 Å². The third-order valence-corrected chi connectivity index (χ3v) is 7.45. The van der Waals surface area contributed by atoms with Crippen molar-refractivity contribution in [2.24, 2.45) is 0 Å². The molecular formula is C25H24N2O5S. The zero-order chi connectivity index (χ0) is 23.6. The number of hydrogen-bond donors (Lipinski definition) is 1. The molecule has 3 aromatic rings. The van der Waals surface area contributed by atoms with E-state index >= 15 is 0 Å². The summed E-state index contributed by atoms with van der Waals surface area (Å²) < 4.78 is 32.5. The Hall–Kier alpha value is -3.49. The van der Waals surface area contributed by atoms with E-state index in [1.54, 1.807) is 25.1 Å². The predicted octanol–water partition coefficient (Wildman–Crippen LogP) is 3.62. The number of esters is 1. The normalized spacial score (nSPS) is 17.8. The number of sulfonamides is 1. The third-order valence-electron chi connectivity index (χ3n) is 5.63. The van der Waals surface area contributed by atoms with Crippen LogP contribution in [0.3, 0.4) is 0 Å². The monoisotopic (exact) mass is 464 g/mol. The number of amides is 1. The van der Waals surface area contributed by atoms with Crippen molar-refractivity contribution in [3.63, 3.8) is 0 Å². The Morgan fingerprint density at radius 3 is 2.33 bits per heavy atom. The Bertz CT molecular complexity index is 1290. The SMILES string of the molecule is CN(Cc1ccccc1)S(=O)(=O)c1ccc(NC(=O)C2(C)Cc3ccccc3C(=O)O2)cc1. The maximum atomic E-state index is 12.9. The molecule has 7 nitrogen and oxygen atoms in total. The molecule has 0 saturated carbocycles. The van der Waals surface area contributed by atoms with Gasteiger partial charge < -0.3 is 10.1 Å². The molecule has 8 heteroatoms. The fourth-order valence-electron chi connectivity index (χ4n) is 3.74. The molecule has 0 spiro atoms. The fraction of sp³-hybridized carbons (Fsp3) is 0.200. The Labute approximate surface area is 193 Å². The zero-order valence-electron chi connectivity index (χ0n) is 18.3. The van der Waals surface area contributed by atoms with Crippen molar-refractivity contribution in [2.75, 3.05) is 12.4 Å². The van der Waals surface area contributed by atoms with E-state index < -0.39 is 27.5 Å². The highest BCUT2D eigenvalue weighted by atomic mass is 32.2. The van der Waals surface area contributed by atoms with E-state index in [-0.39, 0.29) is 17.9 Å². The minimum atomic E-state index is -3.70. The summed E-state index contributed by atoms with van der Waals surface area (Å²) in [6.07, 6.45) is 0.248. The molecule has 1 aliphatic heterocycles. The number of nitrogens with one attached hydrogen (secondary N) is 1. The van der Waals surface area contributed by atoms with Crippen LogP contribution in [0, 0.1) is 0 Å². The molecule has 0 radical (unpaired) electrons. The summed E-state index contributed by atoms with van der Waals surface area (Å²) in [7, 11) is -2.18. The number of carbonyl (C=O) groups is 2. The molecule has 0 aliphatic carbocycles. The van der Waals surface area contributed by atoms with Gasteiger partial charge in [-0.05, 0) is 48.4 Å². The molecule has 1 amide bonds.